The van der Waals surface area contributed by atoms with Crippen molar-refractivity contribution < 1.29 is 45.9 Å². The molecule has 2 saturated carbocycles. The fourth-order valence-electron chi connectivity index (χ4n) is 9.26. The zero-order valence-electron chi connectivity index (χ0n) is 33.8. The Morgan fingerprint density at radius 2 is 1.85 bits per heavy atom. The molecule has 17 heteroatoms. The molecule has 6 heterocycles. The van der Waals surface area contributed by atoms with Crippen molar-refractivity contribution in [3.63, 3.8) is 0 Å². The summed E-state index contributed by atoms with van der Waals surface area (Å²) in [5.74, 6) is -5.26. The van der Waals surface area contributed by atoms with Crippen LogP contribution in [-0.2, 0) is 35.6 Å². The minimum absolute atomic E-state index is 0.0226. The molecule has 5 atom stereocenters. The topological polar surface area (TPSA) is 177 Å². The van der Waals surface area contributed by atoms with Crippen molar-refractivity contribution in [1.29, 1.82) is 0 Å². The molecular weight excluding hydrogens is 811 g/mol. The van der Waals surface area contributed by atoms with Crippen LogP contribution in [-0.4, -0.2) is 107 Å². The van der Waals surface area contributed by atoms with E-state index >= 15 is 0 Å². The molecule has 2 aromatic heterocycles. The second-order valence-corrected chi connectivity index (χ2v) is 19.4. The van der Waals surface area contributed by atoms with E-state index in [2.05, 4.69) is 15.0 Å². The lowest BCUT2D eigenvalue weighted by molar-refractivity contribution is -0.147. The number of allylic oxidation sites excluding steroid dienone is 1. The molecule has 0 unspecified atom stereocenters. The molecule has 4 aliphatic heterocycles. The number of likely N-dealkylation sites (tertiary alicyclic amines) is 1. The third kappa shape index (κ3) is 8.54. The Kier molecular flexibility index (Phi) is 11.0. The molecule has 61 heavy (non-hydrogen) atoms. The van der Waals surface area contributed by atoms with E-state index in [9.17, 15) is 36.4 Å². The molecule has 2 saturated heterocycles. The number of carbonyl (C=O) groups excluding carboxylic acids is 4. The highest BCUT2D eigenvalue weighted by atomic mass is 32.2. The lowest BCUT2D eigenvalue weighted by Crippen LogP contribution is -2.57. The number of alkyl halides is 2. The number of fused-ring (bicyclic) bond motifs is 5. The standard InChI is InChI=1S/C44H50F2N6O8S/c45-43(46)16-19-51(20-17-43)38(53)22-27-8-4-2-1-3-5-9-28-25-44(28,42(56)50-61(57,58)30-11-12-30)49-40(54)35-23-29(26-52(35)41(27)55)60-37-24-34(33-10-6-7-18-47-33)48-39-31(37)13-14-36-32(39)15-21-59-36/h5-7,9-10,13-14,18,24,27-30,35H,1-4,8,11-12,15-17,19-23,25-26H2,(H,49,54)(H,50,56)/t27-,28-,29-,35+,44-/m1/s1. The van der Waals surface area contributed by atoms with Gasteiger partial charge in [0.1, 0.15) is 29.2 Å². The SMILES string of the molecule is O=C1N[C@]2(C(=O)NS(=O)(=O)C3CC3)C[C@H]2C=CCCCCC[C@H](CC(=O)N2CCC(F)(F)CC2)C(=O)N2C[C@H](Oc3cc(-c4ccccn4)nc4c5c(ccc34)OCC5)C[C@@H]12. The second-order valence-electron chi connectivity index (χ2n) is 17.4. The van der Waals surface area contributed by atoms with Gasteiger partial charge in [-0.15, -0.1) is 0 Å². The number of nitrogens with zero attached hydrogens (tertiary/aromatic N) is 4. The molecule has 6 aliphatic rings. The number of aromatic nitrogens is 2. The molecule has 1 aromatic carbocycles. The van der Waals surface area contributed by atoms with Gasteiger partial charge in [-0.3, -0.25) is 28.9 Å². The summed E-state index contributed by atoms with van der Waals surface area (Å²) in [7, 11) is -3.93. The highest BCUT2D eigenvalue weighted by Crippen LogP contribution is 2.46. The van der Waals surface area contributed by atoms with E-state index in [-0.39, 0.29) is 38.9 Å². The number of benzene rings is 1. The number of hydrogen-bond donors (Lipinski definition) is 2. The molecule has 9 rings (SSSR count). The average Bonchev–Trinajstić information content (AvgIpc) is 4.12. The quantitative estimate of drug-likeness (QED) is 0.298. The van der Waals surface area contributed by atoms with Gasteiger partial charge in [-0.05, 0) is 62.8 Å². The maximum atomic E-state index is 14.9. The lowest BCUT2D eigenvalue weighted by atomic mass is 9.94. The fraction of sp³-hybridized carbons (Fsp3) is 0.545. The van der Waals surface area contributed by atoms with E-state index in [1.807, 2.05) is 36.4 Å². The zero-order chi connectivity index (χ0) is 42.5. The maximum absolute atomic E-state index is 14.9. The van der Waals surface area contributed by atoms with E-state index in [0.717, 1.165) is 24.2 Å². The summed E-state index contributed by atoms with van der Waals surface area (Å²) in [6.07, 6.45) is 8.50. The normalized spacial score (nSPS) is 27.8. The van der Waals surface area contributed by atoms with E-state index in [1.54, 1.807) is 18.3 Å². The molecule has 3 aromatic rings. The van der Waals surface area contributed by atoms with Gasteiger partial charge in [0.25, 0.3) is 11.8 Å². The van der Waals surface area contributed by atoms with E-state index in [1.165, 1.54) is 9.80 Å². The van der Waals surface area contributed by atoms with Crippen LogP contribution in [0.5, 0.6) is 11.5 Å². The van der Waals surface area contributed by atoms with Gasteiger partial charge in [-0.2, -0.15) is 0 Å². The monoisotopic (exact) mass is 860 g/mol. The number of halogens is 2. The predicted octanol–water partition coefficient (Wildman–Crippen LogP) is 4.85. The van der Waals surface area contributed by atoms with Crippen LogP contribution in [0.2, 0.25) is 0 Å². The Labute approximate surface area is 352 Å². The van der Waals surface area contributed by atoms with Crippen LogP contribution in [0.1, 0.15) is 82.6 Å². The van der Waals surface area contributed by atoms with Crippen LogP contribution in [0, 0.1) is 11.8 Å². The van der Waals surface area contributed by atoms with Gasteiger partial charge in [0, 0.05) is 80.2 Å². The Morgan fingerprint density at radius 1 is 1.03 bits per heavy atom. The average molecular weight is 861 g/mol. The van der Waals surface area contributed by atoms with Gasteiger partial charge in [-0.25, -0.2) is 22.2 Å². The number of amides is 4. The van der Waals surface area contributed by atoms with Crippen molar-refractivity contribution in [2.45, 2.75) is 112 Å². The number of ether oxygens (including phenoxy) is 2. The summed E-state index contributed by atoms with van der Waals surface area (Å²) < 4.78 is 68.9. The van der Waals surface area contributed by atoms with Crippen molar-refractivity contribution in [2.75, 3.05) is 26.2 Å². The molecule has 4 fully saturated rings. The summed E-state index contributed by atoms with van der Waals surface area (Å²) in [5.41, 5.74) is 1.24. The molecule has 0 spiro atoms. The number of carbonyl (C=O) groups is 4. The van der Waals surface area contributed by atoms with E-state index in [4.69, 9.17) is 14.5 Å². The van der Waals surface area contributed by atoms with Crippen molar-refractivity contribution >= 4 is 44.6 Å². The molecular formula is C44H50F2N6O8S. The van der Waals surface area contributed by atoms with Crippen molar-refractivity contribution in [1.82, 2.24) is 29.8 Å². The Balaban J connectivity index is 1.04. The molecule has 324 valence electrons. The van der Waals surface area contributed by atoms with Gasteiger partial charge in [0.05, 0.1) is 35.3 Å². The van der Waals surface area contributed by atoms with Crippen molar-refractivity contribution in [3.05, 3.63) is 60.3 Å². The Morgan fingerprint density at radius 3 is 2.62 bits per heavy atom. The van der Waals surface area contributed by atoms with Gasteiger partial charge >= 0.3 is 0 Å². The second kappa shape index (κ2) is 16.3. The van der Waals surface area contributed by atoms with Crippen LogP contribution < -0.4 is 19.5 Å². The first-order chi connectivity index (χ1) is 29.3. The summed E-state index contributed by atoms with van der Waals surface area (Å²) in [4.78, 5) is 69.4. The molecule has 14 nitrogen and oxygen atoms in total. The Bertz CT molecular complexity index is 2370. The lowest BCUT2D eigenvalue weighted by Gasteiger charge is -2.33. The van der Waals surface area contributed by atoms with Crippen LogP contribution in [0.15, 0.2) is 54.7 Å². The first-order valence-corrected chi connectivity index (χ1v) is 23.0. The minimum Gasteiger partial charge on any atom is -0.493 e. The third-order valence-electron chi connectivity index (χ3n) is 13.1. The number of nitrogens with one attached hydrogen (secondary N) is 2. The third-order valence-corrected chi connectivity index (χ3v) is 14.9. The highest BCUT2D eigenvalue weighted by molar-refractivity contribution is 7.91. The number of pyridine rings is 2. The van der Waals surface area contributed by atoms with Crippen LogP contribution in [0.3, 0.4) is 0 Å². The molecule has 0 radical (unpaired) electrons. The van der Waals surface area contributed by atoms with E-state index < -0.39 is 87.2 Å². The Hall–Kier alpha value is -5.19. The first-order valence-electron chi connectivity index (χ1n) is 21.5. The summed E-state index contributed by atoms with van der Waals surface area (Å²) >= 11 is 0. The van der Waals surface area contributed by atoms with Crippen molar-refractivity contribution in [3.8, 4) is 22.9 Å². The largest absolute Gasteiger partial charge is 0.493 e. The van der Waals surface area contributed by atoms with Gasteiger partial charge in [0.15, 0.2) is 0 Å². The van der Waals surface area contributed by atoms with Crippen LogP contribution in [0.25, 0.3) is 22.3 Å². The molecule has 2 N–H and O–H groups in total. The first kappa shape index (κ1) is 41.2. The van der Waals surface area contributed by atoms with Crippen LogP contribution in [0.4, 0.5) is 8.78 Å². The maximum Gasteiger partial charge on any atom is 0.259 e. The van der Waals surface area contributed by atoms with Crippen LogP contribution >= 0.6 is 0 Å². The summed E-state index contributed by atoms with van der Waals surface area (Å²) in [5, 5.41) is 2.96. The number of hydrogen-bond acceptors (Lipinski definition) is 10. The minimum atomic E-state index is -3.93. The molecule has 4 amide bonds. The summed E-state index contributed by atoms with van der Waals surface area (Å²) in [6.45, 7) is 0.253. The zero-order valence-corrected chi connectivity index (χ0v) is 34.6. The van der Waals surface area contributed by atoms with Gasteiger partial charge in [-0.1, -0.05) is 31.1 Å². The molecule has 0 bridgehead atoms. The smallest absolute Gasteiger partial charge is 0.259 e. The van der Waals surface area contributed by atoms with E-state index in [0.29, 0.717) is 73.2 Å². The number of piperidine rings is 1. The van der Waals surface area contributed by atoms with Crippen molar-refractivity contribution in [2.24, 2.45) is 11.8 Å². The number of rotatable bonds is 8. The molecule has 2 aliphatic carbocycles. The highest BCUT2D eigenvalue weighted by Gasteiger charge is 2.62. The predicted molar refractivity (Wildman–Crippen MR) is 219 cm³/mol. The van der Waals surface area contributed by atoms with Gasteiger partial charge < -0.3 is 24.6 Å². The fourth-order valence-corrected chi connectivity index (χ4v) is 10.6. The summed E-state index contributed by atoms with van der Waals surface area (Å²) in [6, 6.07) is 9.88. The number of sulfonamides is 1. The van der Waals surface area contributed by atoms with Gasteiger partial charge in [0.2, 0.25) is 27.7 Å².